The van der Waals surface area contributed by atoms with Crippen LogP contribution in [-0.4, -0.2) is 59.4 Å². The molecule has 1 aliphatic rings. The number of fused-ring (bicyclic) bond motifs is 1. The van der Waals surface area contributed by atoms with E-state index in [4.69, 9.17) is 16.6 Å². The number of pyridine rings is 1. The van der Waals surface area contributed by atoms with Crippen LogP contribution in [0.3, 0.4) is 0 Å². The topological polar surface area (TPSA) is 57.9 Å². The van der Waals surface area contributed by atoms with E-state index in [1.807, 2.05) is 48.7 Å². The third-order valence-electron chi connectivity index (χ3n) is 4.92. The molecule has 4 rings (SSSR count). The number of rotatable bonds is 4. The molecule has 6 nitrogen and oxygen atoms in total. The van der Waals surface area contributed by atoms with Gasteiger partial charge in [-0.2, -0.15) is 4.31 Å². The molecule has 1 aliphatic heterocycles. The highest BCUT2D eigenvalue weighted by molar-refractivity contribution is 7.88. The summed E-state index contributed by atoms with van der Waals surface area (Å²) < 4.78 is 27.1. The van der Waals surface area contributed by atoms with Gasteiger partial charge in [-0.25, -0.2) is 13.4 Å². The monoisotopic (exact) mass is 404 g/mol. The van der Waals surface area contributed by atoms with E-state index in [9.17, 15) is 8.42 Å². The molecule has 3 aromatic rings. The van der Waals surface area contributed by atoms with Crippen molar-refractivity contribution in [2.75, 3.05) is 32.4 Å². The Morgan fingerprint density at radius 2 is 1.74 bits per heavy atom. The van der Waals surface area contributed by atoms with Gasteiger partial charge in [-0.3, -0.25) is 4.90 Å². The molecular weight excluding hydrogens is 384 g/mol. The van der Waals surface area contributed by atoms with E-state index in [0.717, 1.165) is 22.6 Å². The van der Waals surface area contributed by atoms with Crippen molar-refractivity contribution in [3.63, 3.8) is 0 Å². The molecule has 0 atom stereocenters. The van der Waals surface area contributed by atoms with Crippen LogP contribution in [0.1, 0.15) is 5.69 Å². The maximum atomic E-state index is 11.7. The average molecular weight is 405 g/mol. The first-order chi connectivity index (χ1) is 12.9. The second-order valence-corrected chi connectivity index (χ2v) is 9.20. The lowest BCUT2D eigenvalue weighted by molar-refractivity contribution is 0.180. The molecule has 0 bridgehead atoms. The average Bonchev–Trinajstić information content (AvgIpc) is 3.01. The van der Waals surface area contributed by atoms with Crippen LogP contribution in [-0.2, 0) is 16.6 Å². The van der Waals surface area contributed by atoms with Crippen LogP contribution in [0.15, 0.2) is 48.7 Å². The van der Waals surface area contributed by atoms with Gasteiger partial charge in [-0.1, -0.05) is 29.8 Å². The lowest BCUT2D eigenvalue weighted by Crippen LogP contribution is -2.47. The van der Waals surface area contributed by atoms with Crippen LogP contribution in [0.4, 0.5) is 0 Å². The minimum atomic E-state index is -3.12. The van der Waals surface area contributed by atoms with Crippen LogP contribution in [0.5, 0.6) is 0 Å². The largest absolute Gasteiger partial charge is 0.302 e. The summed E-state index contributed by atoms with van der Waals surface area (Å²) in [4.78, 5) is 7.09. The zero-order chi connectivity index (χ0) is 19.0. The standard InChI is InChI=1S/C19H21ClN4O2S/c1-27(25,26)23-12-10-22(11-13-23)14-17-19(15-5-7-16(20)8-6-15)21-18-4-2-3-9-24(17)18/h2-9H,10-14H2,1H3. The molecule has 8 heteroatoms. The number of halogens is 1. The minimum Gasteiger partial charge on any atom is -0.302 e. The van der Waals surface area contributed by atoms with Crippen molar-refractivity contribution in [1.82, 2.24) is 18.6 Å². The van der Waals surface area contributed by atoms with Gasteiger partial charge in [0.15, 0.2) is 0 Å². The van der Waals surface area contributed by atoms with E-state index in [0.29, 0.717) is 37.7 Å². The van der Waals surface area contributed by atoms with Gasteiger partial charge in [0.1, 0.15) is 5.65 Å². The summed E-state index contributed by atoms with van der Waals surface area (Å²) in [5.41, 5.74) is 3.95. The Kier molecular flexibility index (Phi) is 4.94. The Hall–Kier alpha value is -1.93. The number of hydrogen-bond acceptors (Lipinski definition) is 4. The van der Waals surface area contributed by atoms with Gasteiger partial charge >= 0.3 is 0 Å². The maximum absolute atomic E-state index is 11.7. The third-order valence-corrected chi connectivity index (χ3v) is 6.48. The molecule has 27 heavy (non-hydrogen) atoms. The lowest BCUT2D eigenvalue weighted by Gasteiger charge is -2.33. The number of nitrogens with zero attached hydrogens (tertiary/aromatic N) is 4. The summed E-state index contributed by atoms with van der Waals surface area (Å²) in [6, 6.07) is 13.7. The van der Waals surface area contributed by atoms with Crippen molar-refractivity contribution >= 4 is 27.3 Å². The van der Waals surface area contributed by atoms with Gasteiger partial charge in [-0.15, -0.1) is 0 Å². The summed E-state index contributed by atoms with van der Waals surface area (Å²) in [6.45, 7) is 3.15. The van der Waals surface area contributed by atoms with Crippen LogP contribution >= 0.6 is 11.6 Å². The Balaban J connectivity index is 1.65. The molecule has 0 spiro atoms. The second kappa shape index (κ2) is 7.24. The normalized spacial score (nSPS) is 16.8. The molecule has 142 valence electrons. The van der Waals surface area contributed by atoms with E-state index in [1.54, 1.807) is 0 Å². The summed E-state index contributed by atoms with van der Waals surface area (Å²) in [7, 11) is -3.12. The predicted molar refractivity (Wildman–Crippen MR) is 107 cm³/mol. The highest BCUT2D eigenvalue weighted by Gasteiger charge is 2.25. The summed E-state index contributed by atoms with van der Waals surface area (Å²) in [6.07, 6.45) is 3.29. The number of sulfonamides is 1. The second-order valence-electron chi connectivity index (χ2n) is 6.78. The summed E-state index contributed by atoms with van der Waals surface area (Å²) >= 11 is 6.04. The molecule has 2 aromatic heterocycles. The first kappa shape index (κ1) is 18.4. The smallest absolute Gasteiger partial charge is 0.211 e. The summed E-state index contributed by atoms with van der Waals surface area (Å²) in [5.74, 6) is 0. The zero-order valence-electron chi connectivity index (χ0n) is 15.0. The molecule has 0 amide bonds. The van der Waals surface area contributed by atoms with Gasteiger partial charge in [0.2, 0.25) is 10.0 Å². The molecule has 1 fully saturated rings. The van der Waals surface area contributed by atoms with Crippen molar-refractivity contribution in [3.05, 3.63) is 59.4 Å². The van der Waals surface area contributed by atoms with E-state index in [2.05, 4.69) is 9.30 Å². The van der Waals surface area contributed by atoms with Crippen LogP contribution < -0.4 is 0 Å². The highest BCUT2D eigenvalue weighted by atomic mass is 35.5. The van der Waals surface area contributed by atoms with E-state index < -0.39 is 10.0 Å². The van der Waals surface area contributed by atoms with E-state index in [-0.39, 0.29) is 0 Å². The number of hydrogen-bond donors (Lipinski definition) is 0. The molecule has 3 heterocycles. The van der Waals surface area contributed by atoms with E-state index >= 15 is 0 Å². The van der Waals surface area contributed by atoms with Crippen LogP contribution in [0, 0.1) is 0 Å². The zero-order valence-corrected chi connectivity index (χ0v) is 16.6. The fourth-order valence-corrected chi connectivity index (χ4v) is 4.42. The lowest BCUT2D eigenvalue weighted by atomic mass is 10.1. The van der Waals surface area contributed by atoms with Gasteiger partial charge in [0.25, 0.3) is 0 Å². The molecule has 0 radical (unpaired) electrons. The maximum Gasteiger partial charge on any atom is 0.211 e. The number of benzene rings is 1. The fourth-order valence-electron chi connectivity index (χ4n) is 3.47. The quantitative estimate of drug-likeness (QED) is 0.670. The number of imidazole rings is 1. The Morgan fingerprint density at radius 1 is 1.04 bits per heavy atom. The molecular formula is C19H21ClN4O2S. The number of aromatic nitrogens is 2. The van der Waals surface area contributed by atoms with E-state index in [1.165, 1.54) is 10.6 Å². The Bertz CT molecular complexity index is 1060. The van der Waals surface area contributed by atoms with Gasteiger partial charge in [-0.05, 0) is 24.3 Å². The summed E-state index contributed by atoms with van der Waals surface area (Å²) in [5, 5.41) is 0.695. The minimum absolute atomic E-state index is 0.520. The number of piperazine rings is 1. The van der Waals surface area contributed by atoms with Gasteiger partial charge < -0.3 is 4.40 Å². The van der Waals surface area contributed by atoms with Crippen molar-refractivity contribution < 1.29 is 8.42 Å². The Morgan fingerprint density at radius 3 is 2.41 bits per heavy atom. The predicted octanol–water partition coefficient (Wildman–Crippen LogP) is 2.73. The molecule has 0 N–H and O–H groups in total. The Labute approximate surface area is 164 Å². The third kappa shape index (κ3) is 3.87. The first-order valence-electron chi connectivity index (χ1n) is 8.81. The van der Waals surface area contributed by atoms with Crippen molar-refractivity contribution in [2.45, 2.75) is 6.54 Å². The van der Waals surface area contributed by atoms with Crippen molar-refractivity contribution in [1.29, 1.82) is 0 Å². The first-order valence-corrected chi connectivity index (χ1v) is 11.0. The molecule has 1 aromatic carbocycles. The molecule has 0 unspecified atom stereocenters. The SMILES string of the molecule is CS(=O)(=O)N1CCN(Cc2c(-c3ccc(Cl)cc3)nc3ccccn23)CC1. The molecule has 1 saturated heterocycles. The van der Waals surface area contributed by atoms with Crippen LogP contribution in [0.2, 0.25) is 5.02 Å². The highest BCUT2D eigenvalue weighted by Crippen LogP contribution is 2.27. The van der Waals surface area contributed by atoms with Crippen molar-refractivity contribution in [2.24, 2.45) is 0 Å². The molecule has 0 aliphatic carbocycles. The molecule has 0 saturated carbocycles. The van der Waals surface area contributed by atoms with Gasteiger partial charge in [0, 0.05) is 49.5 Å². The fraction of sp³-hybridized carbons (Fsp3) is 0.316. The van der Waals surface area contributed by atoms with Gasteiger partial charge in [0.05, 0.1) is 17.6 Å². The van der Waals surface area contributed by atoms with Crippen molar-refractivity contribution in [3.8, 4) is 11.3 Å². The van der Waals surface area contributed by atoms with Crippen LogP contribution in [0.25, 0.3) is 16.9 Å².